The number of ether oxygens (including phenoxy) is 1. The lowest BCUT2D eigenvalue weighted by Crippen LogP contribution is -2.41. The minimum atomic E-state index is -0.107. The molecule has 1 fully saturated rings. The first-order chi connectivity index (χ1) is 13.4. The molecule has 1 aromatic carbocycles. The van der Waals surface area contributed by atoms with Crippen LogP contribution in [0.1, 0.15) is 30.9 Å². The molecule has 0 aliphatic carbocycles. The third-order valence-electron chi connectivity index (χ3n) is 5.49. The van der Waals surface area contributed by atoms with E-state index in [1.54, 1.807) is 19.0 Å². The largest absolute Gasteiger partial charge is 0.376 e. The highest BCUT2D eigenvalue weighted by Crippen LogP contribution is 2.27. The molecule has 0 bridgehead atoms. The van der Waals surface area contributed by atoms with Gasteiger partial charge in [0, 0.05) is 33.8 Å². The first-order valence-corrected chi connectivity index (χ1v) is 9.79. The van der Waals surface area contributed by atoms with Crippen LogP contribution in [-0.4, -0.2) is 66.5 Å². The third kappa shape index (κ3) is 4.14. The highest BCUT2D eigenvalue weighted by atomic mass is 16.5. The Morgan fingerprint density at radius 2 is 2.11 bits per heavy atom. The van der Waals surface area contributed by atoms with Crippen LogP contribution in [0.5, 0.6) is 0 Å². The molecule has 2 atom stereocenters. The topological polar surface area (TPSA) is 65.1 Å². The number of benzene rings is 1. The van der Waals surface area contributed by atoms with E-state index in [0.717, 1.165) is 31.4 Å². The van der Waals surface area contributed by atoms with E-state index >= 15 is 0 Å². The normalized spacial score (nSPS) is 21.6. The average molecular weight is 386 g/mol. The maximum absolute atomic E-state index is 13.4. The van der Waals surface area contributed by atoms with Crippen LogP contribution in [0, 0.1) is 6.92 Å². The molecule has 3 rings (SSSR count). The molecular weight excluding hydrogens is 356 g/mol. The number of nitrogens with zero attached hydrogens (tertiary/aromatic N) is 3. The Balaban J connectivity index is 1.88. The summed E-state index contributed by atoms with van der Waals surface area (Å²) in [6.07, 6.45) is 2.71. The maximum Gasteiger partial charge on any atom is 0.273 e. The van der Waals surface area contributed by atoms with Gasteiger partial charge in [-0.25, -0.2) is 0 Å². The molecule has 0 saturated carbocycles. The molecule has 2 heterocycles. The zero-order chi connectivity index (χ0) is 20.3. The summed E-state index contributed by atoms with van der Waals surface area (Å²) >= 11 is 0. The minimum absolute atomic E-state index is 0.0819. The van der Waals surface area contributed by atoms with E-state index in [9.17, 15) is 9.59 Å². The first kappa shape index (κ1) is 20.2. The number of rotatable bonds is 7. The highest BCUT2D eigenvalue weighted by molar-refractivity contribution is 5.94. The van der Waals surface area contributed by atoms with E-state index in [-0.39, 0.29) is 18.2 Å². The molecule has 0 radical (unpaired) electrons. The van der Waals surface area contributed by atoms with Gasteiger partial charge in [0.25, 0.3) is 5.91 Å². The summed E-state index contributed by atoms with van der Waals surface area (Å²) in [6, 6.07) is 8.15. The van der Waals surface area contributed by atoms with E-state index in [2.05, 4.69) is 24.4 Å². The van der Waals surface area contributed by atoms with Gasteiger partial charge in [-0.05, 0) is 37.8 Å². The van der Waals surface area contributed by atoms with Gasteiger partial charge in [0.1, 0.15) is 11.5 Å². The summed E-state index contributed by atoms with van der Waals surface area (Å²) in [7, 11) is 3.46. The predicted molar refractivity (Wildman–Crippen MR) is 107 cm³/mol. The number of likely N-dealkylation sites (N-methyl/N-ethyl adjacent to an activating group) is 1. The Morgan fingerprint density at radius 3 is 2.75 bits per heavy atom. The average Bonchev–Trinajstić information content (AvgIpc) is 3.30. The van der Waals surface area contributed by atoms with Gasteiger partial charge in [0.15, 0.2) is 0 Å². The standard InChI is InChI=1S/C21H30N4O3/c1-15-8-5-6-9-17(15)12-25-16(2)22-20(24(4)14-26)19(25)21(27)23(3)13-18-10-7-11-28-18/h5-6,8-9,14,16,18,22H,7,10-13H2,1-4H3. The van der Waals surface area contributed by atoms with Crippen LogP contribution in [0.2, 0.25) is 0 Å². The van der Waals surface area contributed by atoms with E-state index in [4.69, 9.17) is 4.74 Å². The number of hydrogen-bond donors (Lipinski definition) is 1. The fourth-order valence-electron chi connectivity index (χ4n) is 3.76. The number of hydrogen-bond acceptors (Lipinski definition) is 5. The SMILES string of the molecule is Cc1ccccc1CN1C(C(=O)N(C)CC2CCCO2)=C(N(C)C=O)NC1C. The Kier molecular flexibility index (Phi) is 6.24. The molecule has 0 spiro atoms. The molecule has 28 heavy (non-hydrogen) atoms. The summed E-state index contributed by atoms with van der Waals surface area (Å²) in [5, 5.41) is 3.30. The molecule has 2 aliphatic rings. The predicted octanol–water partition coefficient (Wildman–Crippen LogP) is 1.64. The molecule has 2 unspecified atom stereocenters. The Bertz CT molecular complexity index is 758. The van der Waals surface area contributed by atoms with Crippen LogP contribution >= 0.6 is 0 Å². The summed E-state index contributed by atoms with van der Waals surface area (Å²) in [6.45, 7) is 5.96. The number of nitrogens with one attached hydrogen (secondary N) is 1. The molecule has 1 aromatic rings. The van der Waals surface area contributed by atoms with Crippen LogP contribution < -0.4 is 5.32 Å². The van der Waals surface area contributed by atoms with Gasteiger partial charge < -0.3 is 24.8 Å². The fraction of sp³-hybridized carbons (Fsp3) is 0.524. The van der Waals surface area contributed by atoms with Crippen molar-refractivity contribution >= 4 is 12.3 Å². The molecular formula is C21H30N4O3. The zero-order valence-corrected chi connectivity index (χ0v) is 17.1. The summed E-state index contributed by atoms with van der Waals surface area (Å²) in [5.41, 5.74) is 2.84. The molecule has 152 valence electrons. The van der Waals surface area contributed by atoms with Crippen LogP contribution in [0.15, 0.2) is 35.8 Å². The second-order valence-corrected chi connectivity index (χ2v) is 7.61. The molecule has 1 saturated heterocycles. The number of carbonyl (C=O) groups is 2. The van der Waals surface area contributed by atoms with E-state index in [0.29, 0.717) is 24.6 Å². The zero-order valence-electron chi connectivity index (χ0n) is 17.1. The number of aryl methyl sites for hydroxylation is 1. The Labute approximate surface area is 166 Å². The van der Waals surface area contributed by atoms with Gasteiger partial charge in [0.2, 0.25) is 6.41 Å². The number of carbonyl (C=O) groups excluding carboxylic acids is 2. The Morgan fingerprint density at radius 1 is 1.36 bits per heavy atom. The van der Waals surface area contributed by atoms with Gasteiger partial charge in [-0.1, -0.05) is 24.3 Å². The first-order valence-electron chi connectivity index (χ1n) is 9.79. The summed E-state index contributed by atoms with van der Waals surface area (Å²) in [5.74, 6) is 0.435. The second kappa shape index (κ2) is 8.65. The molecule has 7 heteroatoms. The van der Waals surface area contributed by atoms with Gasteiger partial charge in [0.05, 0.1) is 12.3 Å². The molecule has 2 amide bonds. The molecule has 7 nitrogen and oxygen atoms in total. The smallest absolute Gasteiger partial charge is 0.273 e. The van der Waals surface area contributed by atoms with Crippen molar-refractivity contribution in [3.8, 4) is 0 Å². The van der Waals surface area contributed by atoms with Crippen LogP contribution in [0.4, 0.5) is 0 Å². The van der Waals surface area contributed by atoms with Gasteiger partial charge in [-0.2, -0.15) is 0 Å². The Hall–Kier alpha value is -2.54. The highest BCUT2D eigenvalue weighted by Gasteiger charge is 2.37. The molecule has 1 N–H and O–H groups in total. The molecule has 2 aliphatic heterocycles. The van der Waals surface area contributed by atoms with Gasteiger partial charge >= 0.3 is 0 Å². The van der Waals surface area contributed by atoms with Gasteiger partial charge in [-0.15, -0.1) is 0 Å². The van der Waals surface area contributed by atoms with Crippen molar-refractivity contribution < 1.29 is 14.3 Å². The summed E-state index contributed by atoms with van der Waals surface area (Å²) < 4.78 is 5.69. The van der Waals surface area contributed by atoms with E-state index in [1.807, 2.05) is 24.0 Å². The molecule has 0 aromatic heterocycles. The van der Waals surface area contributed by atoms with Crippen LogP contribution in [0.25, 0.3) is 0 Å². The lowest BCUT2D eigenvalue weighted by molar-refractivity contribution is -0.129. The van der Waals surface area contributed by atoms with Crippen molar-refractivity contribution in [2.24, 2.45) is 0 Å². The van der Waals surface area contributed by atoms with Crippen molar-refractivity contribution in [3.63, 3.8) is 0 Å². The van der Waals surface area contributed by atoms with Crippen LogP contribution in [0.3, 0.4) is 0 Å². The lowest BCUT2D eigenvalue weighted by Gasteiger charge is -2.29. The summed E-state index contributed by atoms with van der Waals surface area (Å²) in [4.78, 5) is 30.0. The quantitative estimate of drug-likeness (QED) is 0.722. The maximum atomic E-state index is 13.4. The van der Waals surface area contributed by atoms with Gasteiger partial charge in [-0.3, -0.25) is 9.59 Å². The van der Waals surface area contributed by atoms with Crippen molar-refractivity contribution in [1.82, 2.24) is 20.0 Å². The lowest BCUT2D eigenvalue weighted by atomic mass is 10.1. The third-order valence-corrected chi connectivity index (χ3v) is 5.49. The van der Waals surface area contributed by atoms with E-state index in [1.165, 1.54) is 10.5 Å². The number of amides is 2. The fourth-order valence-corrected chi connectivity index (χ4v) is 3.76. The second-order valence-electron chi connectivity index (χ2n) is 7.61. The van der Waals surface area contributed by atoms with Crippen molar-refractivity contribution in [1.29, 1.82) is 0 Å². The minimum Gasteiger partial charge on any atom is -0.376 e. The van der Waals surface area contributed by atoms with Crippen LogP contribution in [-0.2, 0) is 20.9 Å². The van der Waals surface area contributed by atoms with Crippen molar-refractivity contribution in [2.75, 3.05) is 27.2 Å². The van der Waals surface area contributed by atoms with Crippen molar-refractivity contribution in [2.45, 2.75) is 45.5 Å². The monoisotopic (exact) mass is 386 g/mol. The van der Waals surface area contributed by atoms with Crippen molar-refractivity contribution in [3.05, 3.63) is 46.9 Å². The van der Waals surface area contributed by atoms with E-state index < -0.39 is 0 Å².